The summed E-state index contributed by atoms with van der Waals surface area (Å²) in [7, 11) is 1.43. The van der Waals surface area contributed by atoms with Gasteiger partial charge in [0.05, 0.1) is 30.6 Å². The van der Waals surface area contributed by atoms with E-state index in [0.717, 1.165) is 62.7 Å². The fourth-order valence-corrected chi connectivity index (χ4v) is 5.31. The predicted octanol–water partition coefficient (Wildman–Crippen LogP) is 3.05. The fraction of sp³-hybridized carbons (Fsp3) is 0.609. The van der Waals surface area contributed by atoms with Gasteiger partial charge in [0.15, 0.2) is 0 Å². The molecule has 0 radical (unpaired) electrons. The highest BCUT2D eigenvalue weighted by Gasteiger charge is 2.40. The Kier molecular flexibility index (Phi) is 7.45. The fourth-order valence-electron chi connectivity index (χ4n) is 5.31. The van der Waals surface area contributed by atoms with Crippen LogP contribution in [0.5, 0.6) is 0 Å². The molecular weight excluding hydrogens is 416 g/mol. The van der Waals surface area contributed by atoms with Crippen molar-refractivity contribution in [2.45, 2.75) is 56.0 Å². The van der Waals surface area contributed by atoms with Crippen molar-refractivity contribution in [3.8, 4) is 6.07 Å². The molecule has 3 fully saturated rings. The van der Waals surface area contributed by atoms with Crippen LogP contribution in [0.15, 0.2) is 24.3 Å². The molecule has 1 saturated carbocycles. The number of amides is 2. The van der Waals surface area contributed by atoms with Crippen molar-refractivity contribution in [2.24, 2.45) is 5.92 Å². The lowest BCUT2D eigenvalue weighted by Crippen LogP contribution is -2.42. The summed E-state index contributed by atoms with van der Waals surface area (Å²) in [6.45, 7) is 2.30. The number of hydrogen-bond donors (Lipinski definition) is 2. The average molecular weight is 447 g/mol. The minimum Gasteiger partial charge on any atom is -0.469 e. The quantitative estimate of drug-likeness (QED) is 0.693. The molecule has 3 aliphatic rings. The number of hydrogen-bond acceptors (Lipinski definition) is 5. The van der Waals surface area contributed by atoms with E-state index < -0.39 is 5.41 Å². The Morgan fingerprint density at radius 1 is 1.16 bits per heavy atom. The second kappa shape index (κ2) is 9.88. The third-order valence-corrected chi connectivity index (χ3v) is 7.16. The van der Waals surface area contributed by atoms with Crippen molar-refractivity contribution < 1.29 is 14.3 Å². The molecule has 1 aromatic rings. The first-order valence-electron chi connectivity index (χ1n) is 10.9. The Labute approximate surface area is 189 Å². The molecule has 2 heterocycles. The van der Waals surface area contributed by atoms with Crippen molar-refractivity contribution >= 4 is 24.4 Å². The van der Waals surface area contributed by atoms with E-state index in [1.807, 2.05) is 4.90 Å². The number of ether oxygens (including phenoxy) is 1. The van der Waals surface area contributed by atoms with E-state index in [4.69, 9.17) is 4.74 Å². The number of benzene rings is 1. The zero-order valence-electron chi connectivity index (χ0n) is 17.9. The molecule has 0 spiro atoms. The molecule has 0 bridgehead atoms. The molecule has 0 aromatic heterocycles. The molecule has 7 nitrogen and oxygen atoms in total. The van der Waals surface area contributed by atoms with Gasteiger partial charge >= 0.3 is 12.0 Å². The highest BCUT2D eigenvalue weighted by Crippen LogP contribution is 2.37. The Balaban J connectivity index is 0.00000272. The predicted molar refractivity (Wildman–Crippen MR) is 119 cm³/mol. The van der Waals surface area contributed by atoms with Crippen LogP contribution in [0.2, 0.25) is 0 Å². The molecule has 2 N–H and O–H groups in total. The molecule has 1 aliphatic carbocycles. The zero-order valence-corrected chi connectivity index (χ0v) is 18.7. The number of nitrogens with zero attached hydrogens (tertiary/aromatic N) is 2. The number of carbonyl (C=O) groups excluding carboxylic acids is 2. The smallest absolute Gasteiger partial charge is 0.318 e. The van der Waals surface area contributed by atoms with Crippen LogP contribution in [0.3, 0.4) is 0 Å². The van der Waals surface area contributed by atoms with Crippen LogP contribution >= 0.6 is 12.4 Å². The number of rotatable bonds is 4. The van der Waals surface area contributed by atoms with Crippen LogP contribution in [0.4, 0.5) is 4.79 Å². The number of carbonyl (C=O) groups is 2. The molecule has 1 aromatic carbocycles. The molecule has 168 valence electrons. The standard InChI is InChI=1S/C23H30N4O3.ClH/c1-30-21(28)17-4-8-19(9-5-17)27-20(14-26-22(27)29)16-2-6-18(7-3-16)23(15-24)10-12-25-13-11-23;/h2-3,6-7,17,19-20,25H,4-5,8-14H2,1H3,(H,26,29);1H. The number of piperidine rings is 1. The summed E-state index contributed by atoms with van der Waals surface area (Å²) < 4.78 is 4.88. The first kappa shape index (κ1) is 23.4. The van der Waals surface area contributed by atoms with Gasteiger partial charge in [-0.3, -0.25) is 4.79 Å². The van der Waals surface area contributed by atoms with Crippen molar-refractivity contribution in [3.63, 3.8) is 0 Å². The third-order valence-electron chi connectivity index (χ3n) is 7.16. The molecule has 2 saturated heterocycles. The molecule has 1 atom stereocenters. The maximum absolute atomic E-state index is 12.6. The molecule has 8 heteroatoms. The van der Waals surface area contributed by atoms with E-state index in [1.165, 1.54) is 7.11 Å². The summed E-state index contributed by atoms with van der Waals surface area (Å²) in [5.41, 5.74) is 1.74. The molecular formula is C23H31ClN4O3. The van der Waals surface area contributed by atoms with Gasteiger partial charge in [0, 0.05) is 12.6 Å². The monoisotopic (exact) mass is 446 g/mol. The van der Waals surface area contributed by atoms with Crippen LogP contribution in [-0.4, -0.2) is 49.7 Å². The lowest BCUT2D eigenvalue weighted by molar-refractivity contribution is -0.146. The first-order valence-corrected chi connectivity index (χ1v) is 10.9. The van der Waals surface area contributed by atoms with Crippen LogP contribution in [-0.2, 0) is 14.9 Å². The maximum atomic E-state index is 12.6. The number of esters is 1. The number of nitrogens with one attached hydrogen (secondary N) is 2. The summed E-state index contributed by atoms with van der Waals surface area (Å²) in [4.78, 5) is 26.4. The molecule has 31 heavy (non-hydrogen) atoms. The number of methoxy groups -OCH3 is 1. The van der Waals surface area contributed by atoms with Gasteiger partial charge in [-0.1, -0.05) is 24.3 Å². The van der Waals surface area contributed by atoms with Crippen molar-refractivity contribution in [1.29, 1.82) is 5.26 Å². The Hall–Kier alpha value is -2.30. The Bertz CT molecular complexity index is 824. The highest BCUT2D eigenvalue weighted by molar-refractivity contribution is 5.85. The number of nitriles is 1. The summed E-state index contributed by atoms with van der Waals surface area (Å²) in [6, 6.07) is 10.9. The topological polar surface area (TPSA) is 94.5 Å². The Morgan fingerprint density at radius 2 is 1.81 bits per heavy atom. The summed E-state index contributed by atoms with van der Waals surface area (Å²) in [5.74, 6) is -0.197. The number of urea groups is 1. The van der Waals surface area contributed by atoms with Crippen LogP contribution in [0.25, 0.3) is 0 Å². The van der Waals surface area contributed by atoms with E-state index in [-0.39, 0.29) is 42.4 Å². The second-order valence-corrected chi connectivity index (χ2v) is 8.70. The highest BCUT2D eigenvalue weighted by atomic mass is 35.5. The van der Waals surface area contributed by atoms with Gasteiger partial charge in [-0.2, -0.15) is 5.26 Å². The van der Waals surface area contributed by atoms with Crippen LogP contribution in [0.1, 0.15) is 55.7 Å². The average Bonchev–Trinajstić information content (AvgIpc) is 3.20. The van der Waals surface area contributed by atoms with E-state index >= 15 is 0 Å². The molecule has 2 amide bonds. The largest absolute Gasteiger partial charge is 0.469 e. The van der Waals surface area contributed by atoms with Crippen LogP contribution < -0.4 is 10.6 Å². The Morgan fingerprint density at radius 3 is 2.39 bits per heavy atom. The normalized spacial score (nSPS) is 27.5. The van der Waals surface area contributed by atoms with Gasteiger partial charge in [-0.15, -0.1) is 12.4 Å². The molecule has 4 rings (SSSR count). The lowest BCUT2D eigenvalue weighted by Gasteiger charge is -2.36. The van der Waals surface area contributed by atoms with Gasteiger partial charge in [-0.25, -0.2) is 4.79 Å². The second-order valence-electron chi connectivity index (χ2n) is 8.70. The third kappa shape index (κ3) is 4.51. The summed E-state index contributed by atoms with van der Waals surface area (Å²) >= 11 is 0. The van der Waals surface area contributed by atoms with Crippen molar-refractivity contribution in [2.75, 3.05) is 26.7 Å². The van der Waals surface area contributed by atoms with E-state index in [0.29, 0.717) is 6.54 Å². The molecule has 2 aliphatic heterocycles. The van der Waals surface area contributed by atoms with Crippen LogP contribution in [0, 0.1) is 17.2 Å². The summed E-state index contributed by atoms with van der Waals surface area (Å²) in [6.07, 6.45) is 4.78. The van der Waals surface area contributed by atoms with Gasteiger partial charge in [0.2, 0.25) is 0 Å². The molecule has 1 unspecified atom stereocenters. The first-order chi connectivity index (χ1) is 14.6. The van der Waals surface area contributed by atoms with Gasteiger partial charge < -0.3 is 20.3 Å². The van der Waals surface area contributed by atoms with Gasteiger partial charge in [0.1, 0.15) is 0 Å². The van der Waals surface area contributed by atoms with Gasteiger partial charge in [0.25, 0.3) is 0 Å². The SMILES string of the molecule is COC(=O)C1CCC(N2C(=O)NCC2c2ccc(C3(C#N)CCNCC3)cc2)CC1.Cl. The maximum Gasteiger partial charge on any atom is 0.318 e. The summed E-state index contributed by atoms with van der Waals surface area (Å²) in [5, 5.41) is 16.1. The van der Waals surface area contributed by atoms with Gasteiger partial charge in [-0.05, 0) is 62.7 Å². The minimum atomic E-state index is -0.417. The van der Waals surface area contributed by atoms with Crippen molar-refractivity contribution in [1.82, 2.24) is 15.5 Å². The zero-order chi connectivity index (χ0) is 21.1. The van der Waals surface area contributed by atoms with Crippen molar-refractivity contribution in [3.05, 3.63) is 35.4 Å². The van der Waals surface area contributed by atoms with E-state index in [9.17, 15) is 14.9 Å². The van der Waals surface area contributed by atoms with E-state index in [2.05, 4.69) is 41.0 Å². The minimum absolute atomic E-state index is 0. The number of halogens is 1. The van der Waals surface area contributed by atoms with E-state index in [1.54, 1.807) is 0 Å². The lowest BCUT2D eigenvalue weighted by atomic mass is 9.74.